The molecule has 0 heterocycles. The zero-order valence-corrected chi connectivity index (χ0v) is 17.0. The lowest BCUT2D eigenvalue weighted by molar-refractivity contribution is 0.134. The van der Waals surface area contributed by atoms with Gasteiger partial charge in [-0.05, 0) is 56.4 Å². The zero-order valence-electron chi connectivity index (χ0n) is 17.0. The summed E-state index contributed by atoms with van der Waals surface area (Å²) in [7, 11) is 0. The van der Waals surface area contributed by atoms with Gasteiger partial charge in [0.15, 0.2) is 0 Å². The van der Waals surface area contributed by atoms with Crippen LogP contribution in [0, 0.1) is 11.8 Å². The van der Waals surface area contributed by atoms with Crippen LogP contribution < -0.4 is 0 Å². The van der Waals surface area contributed by atoms with Crippen molar-refractivity contribution >= 4 is 0 Å². The Hall–Kier alpha value is -0.860. The topological polar surface area (TPSA) is 40.5 Å². The third-order valence-electron chi connectivity index (χ3n) is 6.24. The molecule has 0 saturated heterocycles. The van der Waals surface area contributed by atoms with E-state index in [4.69, 9.17) is 0 Å². The molecule has 0 bridgehead atoms. The first-order valence-electron chi connectivity index (χ1n) is 11.1. The molecule has 0 aromatic heterocycles. The molecule has 0 radical (unpaired) electrons. The van der Waals surface area contributed by atoms with Gasteiger partial charge in [0.05, 0.1) is 12.2 Å². The molecule has 148 valence electrons. The molecule has 1 fully saturated rings. The van der Waals surface area contributed by atoms with Crippen LogP contribution in [0.25, 0.3) is 0 Å². The van der Waals surface area contributed by atoms with Crippen molar-refractivity contribution in [3.63, 3.8) is 0 Å². The third kappa shape index (κ3) is 6.39. The molecule has 1 saturated carbocycles. The van der Waals surface area contributed by atoms with Gasteiger partial charge in [-0.1, -0.05) is 75.8 Å². The summed E-state index contributed by atoms with van der Waals surface area (Å²) in [6.45, 7) is 4.43. The van der Waals surface area contributed by atoms with Crippen LogP contribution >= 0.6 is 0 Å². The van der Waals surface area contributed by atoms with E-state index in [-0.39, 0.29) is 12.2 Å². The Bertz CT molecular complexity index is 488. The van der Waals surface area contributed by atoms with Gasteiger partial charge in [0.25, 0.3) is 0 Å². The minimum atomic E-state index is -0.273. The van der Waals surface area contributed by atoms with Crippen molar-refractivity contribution in [1.82, 2.24) is 0 Å². The Morgan fingerprint density at radius 1 is 1.04 bits per heavy atom. The van der Waals surface area contributed by atoms with E-state index in [0.29, 0.717) is 11.8 Å². The molecule has 2 nitrogen and oxygen atoms in total. The minimum absolute atomic E-state index is 0.181. The Kier molecular flexibility index (Phi) is 9.71. The Morgan fingerprint density at radius 3 is 2.54 bits per heavy atom. The monoisotopic (exact) mass is 360 g/mol. The molecule has 0 aromatic rings. The van der Waals surface area contributed by atoms with Crippen LogP contribution in [0.4, 0.5) is 0 Å². The molecule has 4 unspecified atom stereocenters. The summed E-state index contributed by atoms with van der Waals surface area (Å²) in [5.74, 6) is 0.902. The van der Waals surface area contributed by atoms with Gasteiger partial charge in [0, 0.05) is 5.92 Å². The van der Waals surface area contributed by atoms with Crippen LogP contribution in [0.2, 0.25) is 0 Å². The highest BCUT2D eigenvalue weighted by Gasteiger charge is 2.36. The standard InChI is InChI=1S/C24H40O2/c1-3-5-7-8-10-11-20-17-18-23(26)24(20)21-15-13-19(14-16-21)22(25)12-9-6-4-2/h8,10,13,15,20,22-26H,3-7,9,11-12,14,16-18H2,1-2H3/b10-8-. The van der Waals surface area contributed by atoms with Gasteiger partial charge in [-0.25, -0.2) is 0 Å². The van der Waals surface area contributed by atoms with E-state index in [1.165, 1.54) is 43.3 Å². The lowest BCUT2D eigenvalue weighted by Crippen LogP contribution is -2.23. The number of unbranched alkanes of at least 4 members (excludes halogenated alkanes) is 4. The van der Waals surface area contributed by atoms with E-state index >= 15 is 0 Å². The highest BCUT2D eigenvalue weighted by Crippen LogP contribution is 2.42. The Labute approximate surface area is 161 Å². The smallest absolute Gasteiger partial charge is 0.0753 e. The van der Waals surface area contributed by atoms with Gasteiger partial charge in [0.1, 0.15) is 0 Å². The summed E-state index contributed by atoms with van der Waals surface area (Å²) < 4.78 is 0. The highest BCUT2D eigenvalue weighted by atomic mass is 16.3. The molecule has 4 atom stereocenters. The van der Waals surface area contributed by atoms with E-state index in [2.05, 4.69) is 38.2 Å². The van der Waals surface area contributed by atoms with Crippen LogP contribution in [0.3, 0.4) is 0 Å². The SMILES string of the molecule is CCCC/C=C\CC1CCC(O)C1C1=CC=C(C(O)CCCCC)CC1. The van der Waals surface area contributed by atoms with Crippen LogP contribution in [0.5, 0.6) is 0 Å². The predicted octanol–water partition coefficient (Wildman–Crippen LogP) is 6.10. The van der Waals surface area contributed by atoms with Crippen molar-refractivity contribution in [2.45, 2.75) is 103 Å². The number of rotatable bonds is 11. The summed E-state index contributed by atoms with van der Waals surface area (Å²) in [6, 6.07) is 0. The summed E-state index contributed by atoms with van der Waals surface area (Å²) in [6.07, 6.45) is 21.8. The first-order chi connectivity index (χ1) is 12.7. The van der Waals surface area contributed by atoms with Gasteiger partial charge < -0.3 is 10.2 Å². The van der Waals surface area contributed by atoms with Crippen molar-refractivity contribution < 1.29 is 10.2 Å². The van der Waals surface area contributed by atoms with E-state index in [1.54, 1.807) is 0 Å². The van der Waals surface area contributed by atoms with Crippen LogP contribution in [0.1, 0.15) is 90.9 Å². The van der Waals surface area contributed by atoms with Crippen LogP contribution in [-0.4, -0.2) is 22.4 Å². The summed E-state index contributed by atoms with van der Waals surface area (Å²) >= 11 is 0. The van der Waals surface area contributed by atoms with E-state index in [0.717, 1.165) is 44.9 Å². The van der Waals surface area contributed by atoms with Crippen molar-refractivity contribution in [2.75, 3.05) is 0 Å². The second-order valence-electron chi connectivity index (χ2n) is 8.27. The van der Waals surface area contributed by atoms with Crippen LogP contribution in [0.15, 0.2) is 35.5 Å². The zero-order chi connectivity index (χ0) is 18.8. The first kappa shape index (κ1) is 21.4. The summed E-state index contributed by atoms with van der Waals surface area (Å²) in [5.41, 5.74) is 2.60. The second-order valence-corrected chi connectivity index (χ2v) is 8.27. The number of aliphatic hydroxyl groups is 2. The average molecular weight is 361 g/mol. The maximum atomic E-state index is 10.5. The molecule has 0 aliphatic heterocycles. The lowest BCUT2D eigenvalue weighted by atomic mass is 9.80. The maximum Gasteiger partial charge on any atom is 0.0753 e. The quantitative estimate of drug-likeness (QED) is 0.345. The van der Waals surface area contributed by atoms with E-state index < -0.39 is 0 Å². The molecular weight excluding hydrogens is 320 g/mol. The van der Waals surface area contributed by atoms with E-state index in [9.17, 15) is 10.2 Å². The number of allylic oxidation sites excluding steroid dienone is 4. The normalized spacial score (nSPS) is 27.6. The fourth-order valence-electron chi connectivity index (χ4n) is 4.58. The molecule has 0 amide bonds. The van der Waals surface area contributed by atoms with Crippen LogP contribution in [-0.2, 0) is 0 Å². The highest BCUT2D eigenvalue weighted by molar-refractivity contribution is 5.29. The Morgan fingerprint density at radius 2 is 1.85 bits per heavy atom. The molecule has 2 heteroatoms. The first-order valence-corrected chi connectivity index (χ1v) is 11.1. The number of aliphatic hydroxyl groups excluding tert-OH is 2. The van der Waals surface area contributed by atoms with Gasteiger partial charge in [-0.3, -0.25) is 0 Å². The predicted molar refractivity (Wildman–Crippen MR) is 111 cm³/mol. The molecular formula is C24H40O2. The second kappa shape index (κ2) is 11.8. The molecule has 2 aliphatic rings. The van der Waals surface area contributed by atoms with Crippen molar-refractivity contribution in [3.8, 4) is 0 Å². The third-order valence-corrected chi connectivity index (χ3v) is 6.24. The average Bonchev–Trinajstić information content (AvgIpc) is 3.02. The molecule has 0 aromatic carbocycles. The summed E-state index contributed by atoms with van der Waals surface area (Å²) in [4.78, 5) is 0. The molecule has 0 spiro atoms. The van der Waals surface area contributed by atoms with Gasteiger partial charge in [-0.2, -0.15) is 0 Å². The fraction of sp³-hybridized carbons (Fsp3) is 0.750. The molecule has 2 N–H and O–H groups in total. The minimum Gasteiger partial charge on any atom is -0.392 e. The largest absolute Gasteiger partial charge is 0.392 e. The van der Waals surface area contributed by atoms with Gasteiger partial charge in [-0.15, -0.1) is 0 Å². The molecule has 26 heavy (non-hydrogen) atoms. The van der Waals surface area contributed by atoms with Gasteiger partial charge >= 0.3 is 0 Å². The number of hydrogen-bond acceptors (Lipinski definition) is 2. The van der Waals surface area contributed by atoms with Crippen molar-refractivity contribution in [2.24, 2.45) is 11.8 Å². The number of hydrogen-bond donors (Lipinski definition) is 2. The molecule has 2 rings (SSSR count). The fourth-order valence-corrected chi connectivity index (χ4v) is 4.58. The van der Waals surface area contributed by atoms with Gasteiger partial charge in [0.2, 0.25) is 0 Å². The lowest BCUT2D eigenvalue weighted by Gasteiger charge is -2.28. The van der Waals surface area contributed by atoms with E-state index in [1.807, 2.05) is 0 Å². The molecule has 2 aliphatic carbocycles. The van der Waals surface area contributed by atoms with Crippen molar-refractivity contribution in [1.29, 1.82) is 0 Å². The Balaban J connectivity index is 1.91. The maximum absolute atomic E-state index is 10.5. The van der Waals surface area contributed by atoms with Crippen molar-refractivity contribution in [3.05, 3.63) is 35.5 Å². The summed E-state index contributed by atoms with van der Waals surface area (Å²) in [5, 5.41) is 20.9.